The summed E-state index contributed by atoms with van der Waals surface area (Å²) in [6.45, 7) is 2.58. The zero-order valence-electron chi connectivity index (χ0n) is 10.7. The van der Waals surface area contributed by atoms with Gasteiger partial charge >= 0.3 is 0 Å². The Morgan fingerprint density at radius 2 is 2.17 bits per heavy atom. The molecule has 0 atom stereocenters. The van der Waals surface area contributed by atoms with Crippen molar-refractivity contribution in [1.82, 2.24) is 10.3 Å². The Morgan fingerprint density at radius 3 is 2.72 bits per heavy atom. The average Bonchev–Trinajstić information content (AvgIpc) is 2.86. The first-order chi connectivity index (χ1) is 8.65. The molecule has 0 aliphatic heterocycles. The van der Waals surface area contributed by atoms with Crippen LogP contribution in [0.4, 0.5) is 0 Å². The third-order valence-corrected chi connectivity index (χ3v) is 4.31. The standard InChI is InChI=1S/C14H19ClN2O/c1-11-4-5-12(8-16-11)13(18)17-10-14(9-15)6-2-3-7-14/h4-5,8H,2-3,6-7,9-10H2,1H3,(H,17,18). The second-order valence-electron chi connectivity index (χ2n) is 5.21. The number of rotatable bonds is 4. The fourth-order valence-corrected chi connectivity index (χ4v) is 2.82. The minimum absolute atomic E-state index is 0.0566. The maximum absolute atomic E-state index is 12.0. The number of hydrogen-bond donors (Lipinski definition) is 1. The number of nitrogens with zero attached hydrogens (tertiary/aromatic N) is 1. The Morgan fingerprint density at radius 1 is 1.44 bits per heavy atom. The van der Waals surface area contributed by atoms with Gasteiger partial charge in [-0.05, 0) is 31.9 Å². The van der Waals surface area contributed by atoms with Crippen molar-refractivity contribution in [2.75, 3.05) is 12.4 Å². The first-order valence-corrected chi connectivity index (χ1v) is 6.95. The Bertz CT molecular complexity index is 410. The number of amides is 1. The second-order valence-corrected chi connectivity index (χ2v) is 5.48. The van der Waals surface area contributed by atoms with E-state index in [9.17, 15) is 4.79 Å². The summed E-state index contributed by atoms with van der Waals surface area (Å²) in [5.74, 6) is 0.568. The number of nitrogens with one attached hydrogen (secondary N) is 1. The first kappa shape index (κ1) is 13.3. The van der Waals surface area contributed by atoms with Gasteiger partial charge in [-0.1, -0.05) is 12.8 Å². The molecular weight excluding hydrogens is 248 g/mol. The molecule has 18 heavy (non-hydrogen) atoms. The van der Waals surface area contributed by atoms with Crippen molar-refractivity contribution < 1.29 is 4.79 Å². The molecule has 0 spiro atoms. The predicted octanol–water partition coefficient (Wildman–Crippen LogP) is 2.92. The lowest BCUT2D eigenvalue weighted by Crippen LogP contribution is -2.37. The molecule has 0 bridgehead atoms. The molecule has 1 aromatic heterocycles. The van der Waals surface area contributed by atoms with Gasteiger partial charge in [0, 0.05) is 29.7 Å². The predicted molar refractivity (Wildman–Crippen MR) is 72.9 cm³/mol. The van der Waals surface area contributed by atoms with E-state index in [1.807, 2.05) is 13.0 Å². The minimum atomic E-state index is -0.0566. The Balaban J connectivity index is 1.93. The topological polar surface area (TPSA) is 42.0 Å². The van der Waals surface area contributed by atoms with Gasteiger partial charge in [0.05, 0.1) is 5.56 Å². The molecule has 0 aromatic carbocycles. The molecule has 0 unspecified atom stereocenters. The van der Waals surface area contributed by atoms with Crippen molar-refractivity contribution >= 4 is 17.5 Å². The molecule has 1 aliphatic rings. The van der Waals surface area contributed by atoms with Crippen LogP contribution in [0.15, 0.2) is 18.3 Å². The molecule has 4 heteroatoms. The Kier molecular flexibility index (Phi) is 4.23. The molecule has 1 aliphatic carbocycles. The molecule has 1 saturated carbocycles. The molecule has 1 amide bonds. The number of aromatic nitrogens is 1. The lowest BCUT2D eigenvalue weighted by molar-refractivity contribution is 0.0934. The van der Waals surface area contributed by atoms with Gasteiger partial charge in [-0.3, -0.25) is 9.78 Å². The minimum Gasteiger partial charge on any atom is -0.351 e. The van der Waals surface area contributed by atoms with E-state index in [0.29, 0.717) is 18.0 Å². The van der Waals surface area contributed by atoms with Gasteiger partial charge in [0.2, 0.25) is 0 Å². The molecular formula is C14H19ClN2O. The van der Waals surface area contributed by atoms with Crippen molar-refractivity contribution in [1.29, 1.82) is 0 Å². The summed E-state index contributed by atoms with van der Waals surface area (Å²) < 4.78 is 0. The summed E-state index contributed by atoms with van der Waals surface area (Å²) >= 11 is 6.05. The van der Waals surface area contributed by atoms with Crippen LogP contribution in [0.1, 0.15) is 41.7 Å². The number of aryl methyl sites for hydroxylation is 1. The van der Waals surface area contributed by atoms with Crippen molar-refractivity contribution in [2.45, 2.75) is 32.6 Å². The molecule has 0 radical (unpaired) electrons. The van der Waals surface area contributed by atoms with Crippen molar-refractivity contribution in [3.63, 3.8) is 0 Å². The molecule has 98 valence electrons. The van der Waals surface area contributed by atoms with Crippen LogP contribution in [0.3, 0.4) is 0 Å². The van der Waals surface area contributed by atoms with Crippen LogP contribution in [0.5, 0.6) is 0 Å². The van der Waals surface area contributed by atoms with Gasteiger partial charge in [-0.15, -0.1) is 11.6 Å². The van der Waals surface area contributed by atoms with Gasteiger partial charge in [0.15, 0.2) is 0 Å². The largest absolute Gasteiger partial charge is 0.351 e. The van der Waals surface area contributed by atoms with Gasteiger partial charge < -0.3 is 5.32 Å². The van der Waals surface area contributed by atoms with E-state index in [2.05, 4.69) is 10.3 Å². The van der Waals surface area contributed by atoms with E-state index >= 15 is 0 Å². The van der Waals surface area contributed by atoms with Crippen molar-refractivity contribution in [3.05, 3.63) is 29.6 Å². The third-order valence-electron chi connectivity index (χ3n) is 3.75. The fraction of sp³-hybridized carbons (Fsp3) is 0.571. The summed E-state index contributed by atoms with van der Waals surface area (Å²) in [4.78, 5) is 16.1. The second kappa shape index (κ2) is 5.70. The highest BCUT2D eigenvalue weighted by Crippen LogP contribution is 2.38. The summed E-state index contributed by atoms with van der Waals surface area (Å²) in [7, 11) is 0. The lowest BCUT2D eigenvalue weighted by atomic mass is 9.88. The third kappa shape index (κ3) is 3.02. The van der Waals surface area contributed by atoms with Crippen LogP contribution in [0, 0.1) is 12.3 Å². The molecule has 1 aromatic rings. The van der Waals surface area contributed by atoms with E-state index < -0.39 is 0 Å². The van der Waals surface area contributed by atoms with Crippen molar-refractivity contribution in [3.8, 4) is 0 Å². The maximum Gasteiger partial charge on any atom is 0.252 e. The number of halogens is 1. The Hall–Kier alpha value is -1.09. The quantitative estimate of drug-likeness (QED) is 0.852. The van der Waals surface area contributed by atoms with Gasteiger partial charge in [-0.25, -0.2) is 0 Å². The van der Waals surface area contributed by atoms with Crippen LogP contribution < -0.4 is 5.32 Å². The van der Waals surface area contributed by atoms with E-state index in [1.54, 1.807) is 12.3 Å². The zero-order chi connectivity index (χ0) is 13.0. The molecule has 2 rings (SSSR count). The van der Waals surface area contributed by atoms with Crippen LogP contribution in [-0.2, 0) is 0 Å². The summed E-state index contributed by atoms with van der Waals surface area (Å²) in [5, 5.41) is 2.99. The summed E-state index contributed by atoms with van der Waals surface area (Å²) in [6, 6.07) is 3.65. The number of pyridine rings is 1. The molecule has 0 saturated heterocycles. The van der Waals surface area contributed by atoms with E-state index in [4.69, 9.17) is 11.6 Å². The summed E-state index contributed by atoms with van der Waals surface area (Å²) in [6.07, 6.45) is 6.28. The SMILES string of the molecule is Cc1ccc(C(=O)NCC2(CCl)CCCC2)cn1. The molecule has 3 nitrogen and oxygen atoms in total. The molecule has 1 N–H and O–H groups in total. The van der Waals surface area contributed by atoms with Crippen LogP contribution >= 0.6 is 11.6 Å². The van der Waals surface area contributed by atoms with E-state index in [0.717, 1.165) is 18.5 Å². The first-order valence-electron chi connectivity index (χ1n) is 6.42. The summed E-state index contributed by atoms with van der Waals surface area (Å²) in [5.41, 5.74) is 1.64. The van der Waals surface area contributed by atoms with Crippen LogP contribution in [0.2, 0.25) is 0 Å². The Labute approximate surface area is 113 Å². The van der Waals surface area contributed by atoms with Crippen LogP contribution in [-0.4, -0.2) is 23.3 Å². The fourth-order valence-electron chi connectivity index (χ4n) is 2.45. The van der Waals surface area contributed by atoms with Gasteiger partial charge in [0.1, 0.15) is 0 Å². The van der Waals surface area contributed by atoms with Crippen LogP contribution in [0.25, 0.3) is 0 Å². The number of hydrogen-bond acceptors (Lipinski definition) is 2. The normalized spacial score (nSPS) is 17.7. The highest BCUT2D eigenvalue weighted by molar-refractivity contribution is 6.18. The van der Waals surface area contributed by atoms with Gasteiger partial charge in [-0.2, -0.15) is 0 Å². The molecule has 1 fully saturated rings. The average molecular weight is 267 g/mol. The number of alkyl halides is 1. The monoisotopic (exact) mass is 266 g/mol. The van der Waals surface area contributed by atoms with E-state index in [-0.39, 0.29) is 11.3 Å². The van der Waals surface area contributed by atoms with Crippen molar-refractivity contribution in [2.24, 2.45) is 5.41 Å². The lowest BCUT2D eigenvalue weighted by Gasteiger charge is -2.26. The number of carbonyl (C=O) groups is 1. The maximum atomic E-state index is 12.0. The highest BCUT2D eigenvalue weighted by Gasteiger charge is 2.33. The highest BCUT2D eigenvalue weighted by atomic mass is 35.5. The molecule has 1 heterocycles. The van der Waals surface area contributed by atoms with E-state index in [1.165, 1.54) is 12.8 Å². The number of carbonyl (C=O) groups excluding carboxylic acids is 1. The van der Waals surface area contributed by atoms with Gasteiger partial charge in [0.25, 0.3) is 5.91 Å². The zero-order valence-corrected chi connectivity index (χ0v) is 11.5. The smallest absolute Gasteiger partial charge is 0.252 e.